The van der Waals surface area contributed by atoms with Gasteiger partial charge in [-0.25, -0.2) is 4.98 Å². The molecule has 3 aliphatic rings. The largest absolute Gasteiger partial charge is 0.573 e. The molecule has 7 rings (SSSR count). The molecule has 3 aromatic carbocycles. The number of nitrogens with zero attached hydrogens (tertiary/aromatic N) is 5. The second-order valence-electron chi connectivity index (χ2n) is 13.9. The van der Waals surface area contributed by atoms with Crippen molar-refractivity contribution in [3.8, 4) is 39.3 Å². The van der Waals surface area contributed by atoms with Crippen LogP contribution in [0.3, 0.4) is 0 Å². The lowest BCUT2D eigenvalue weighted by Crippen LogP contribution is -2.46. The Bertz CT molecular complexity index is 1980. The Balaban J connectivity index is 0.786. The number of carbonyl (C=O) groups is 1. The topological polar surface area (TPSA) is 98.2 Å². The average Bonchev–Trinajstić information content (AvgIpc) is 3.81. The van der Waals surface area contributed by atoms with E-state index in [1.165, 1.54) is 29.5 Å². The number of piperazine rings is 1. The Morgan fingerprint density at radius 3 is 2.18 bits per heavy atom. The minimum absolute atomic E-state index is 0.00602. The summed E-state index contributed by atoms with van der Waals surface area (Å²) in [6.07, 6.45) is 2.96. The number of amides is 1. The Hall–Kier alpha value is -4.60. The number of benzene rings is 3. The van der Waals surface area contributed by atoms with Gasteiger partial charge in [0.1, 0.15) is 10.8 Å². The molecule has 0 N–H and O–H groups in total. The highest BCUT2D eigenvalue weighted by molar-refractivity contribution is 7.21. The second kappa shape index (κ2) is 17.5. The van der Waals surface area contributed by atoms with Gasteiger partial charge in [0.2, 0.25) is 0 Å². The summed E-state index contributed by atoms with van der Waals surface area (Å²) in [7, 11) is 3.18. The Kier molecular flexibility index (Phi) is 12.3. The van der Waals surface area contributed by atoms with Crippen molar-refractivity contribution in [2.45, 2.75) is 50.9 Å². The highest BCUT2D eigenvalue weighted by atomic mass is 32.1. The van der Waals surface area contributed by atoms with Gasteiger partial charge in [0.15, 0.2) is 23.0 Å². The van der Waals surface area contributed by atoms with Crippen LogP contribution in [-0.4, -0.2) is 117 Å². The number of aromatic nitrogens is 1. The maximum absolute atomic E-state index is 13.1. The molecule has 0 radical (unpaired) electrons. The normalized spacial score (nSPS) is 17.6. The molecule has 294 valence electrons. The van der Waals surface area contributed by atoms with Crippen molar-refractivity contribution in [1.82, 2.24) is 19.7 Å². The molecule has 3 aliphatic heterocycles. The average molecular weight is 782 g/mol. The van der Waals surface area contributed by atoms with Gasteiger partial charge in [0.05, 0.1) is 54.9 Å². The summed E-state index contributed by atoms with van der Waals surface area (Å²) >= 11 is 1.28. The van der Waals surface area contributed by atoms with E-state index in [0.717, 1.165) is 89.9 Å². The van der Waals surface area contributed by atoms with E-state index in [1.54, 1.807) is 20.3 Å². The summed E-state index contributed by atoms with van der Waals surface area (Å²) in [5.74, 6) is 2.12. The monoisotopic (exact) mass is 781 g/mol. The van der Waals surface area contributed by atoms with Gasteiger partial charge in [-0.05, 0) is 94.1 Å². The summed E-state index contributed by atoms with van der Waals surface area (Å²) in [6.45, 7) is 8.10. The fraction of sp³-hybridized carbons (Fsp3) is 0.475. The Labute approximate surface area is 322 Å². The number of alkyl halides is 3. The lowest BCUT2D eigenvalue weighted by Gasteiger charge is -2.34. The quantitative estimate of drug-likeness (QED) is 0.105. The lowest BCUT2D eigenvalue weighted by atomic mass is 10.1. The zero-order valence-corrected chi connectivity index (χ0v) is 31.9. The third kappa shape index (κ3) is 9.62. The third-order valence-corrected chi connectivity index (χ3v) is 11.2. The van der Waals surface area contributed by atoms with Gasteiger partial charge in [-0.1, -0.05) is 0 Å². The third-order valence-electron chi connectivity index (χ3n) is 10.2. The zero-order valence-electron chi connectivity index (χ0n) is 31.1. The van der Waals surface area contributed by atoms with E-state index in [1.807, 2.05) is 35.4 Å². The Morgan fingerprint density at radius 2 is 1.49 bits per heavy atom. The number of fused-ring (bicyclic) bond motifs is 3. The number of hydrogen-bond donors (Lipinski definition) is 0. The minimum Gasteiger partial charge on any atom is -0.493 e. The lowest BCUT2D eigenvalue weighted by molar-refractivity contribution is -0.274. The van der Waals surface area contributed by atoms with Crippen LogP contribution in [0.25, 0.3) is 20.8 Å². The number of hydrogen-bond acceptors (Lipinski definition) is 11. The molecule has 0 bridgehead atoms. The fourth-order valence-electron chi connectivity index (χ4n) is 7.24. The first-order valence-electron chi connectivity index (χ1n) is 18.8. The second-order valence-corrected chi connectivity index (χ2v) is 14.9. The summed E-state index contributed by atoms with van der Waals surface area (Å²) in [5, 5.41) is 0.659. The van der Waals surface area contributed by atoms with E-state index in [9.17, 15) is 18.0 Å². The van der Waals surface area contributed by atoms with Crippen LogP contribution in [0.15, 0.2) is 53.5 Å². The van der Waals surface area contributed by atoms with Gasteiger partial charge in [0, 0.05) is 50.6 Å². The van der Waals surface area contributed by atoms with Crippen LogP contribution >= 0.6 is 11.3 Å². The van der Waals surface area contributed by atoms with Crippen LogP contribution < -0.4 is 23.7 Å². The summed E-state index contributed by atoms with van der Waals surface area (Å²) in [6, 6.07) is 13.3. The van der Waals surface area contributed by atoms with E-state index in [-0.39, 0.29) is 17.7 Å². The minimum atomic E-state index is -4.75. The predicted molar refractivity (Wildman–Crippen MR) is 206 cm³/mol. The van der Waals surface area contributed by atoms with Crippen molar-refractivity contribution in [2.24, 2.45) is 4.99 Å². The van der Waals surface area contributed by atoms with Crippen molar-refractivity contribution in [1.29, 1.82) is 0 Å². The number of methoxy groups -OCH3 is 2. The zero-order chi connectivity index (χ0) is 38.4. The molecule has 11 nitrogen and oxygen atoms in total. The molecule has 1 atom stereocenters. The van der Waals surface area contributed by atoms with Crippen LogP contribution in [0.2, 0.25) is 0 Å². The molecule has 4 aromatic rings. The summed E-state index contributed by atoms with van der Waals surface area (Å²) < 4.78 is 66.0. The van der Waals surface area contributed by atoms with E-state index < -0.39 is 6.36 Å². The van der Waals surface area contributed by atoms with Crippen LogP contribution in [0.5, 0.6) is 28.7 Å². The first kappa shape index (κ1) is 38.7. The van der Waals surface area contributed by atoms with Crippen molar-refractivity contribution in [2.75, 3.05) is 73.2 Å². The molecule has 1 amide bonds. The molecular weight excluding hydrogens is 736 g/mol. The number of carbonyl (C=O) groups excluding carboxylic acids is 1. The molecule has 2 fully saturated rings. The molecule has 4 heterocycles. The first-order valence-corrected chi connectivity index (χ1v) is 19.6. The molecule has 0 aliphatic carbocycles. The number of thiazole rings is 1. The van der Waals surface area contributed by atoms with Crippen LogP contribution in [0.1, 0.15) is 48.9 Å². The summed E-state index contributed by atoms with van der Waals surface area (Å²) in [4.78, 5) is 29.2. The molecule has 1 aromatic heterocycles. The van der Waals surface area contributed by atoms with Crippen molar-refractivity contribution >= 4 is 39.4 Å². The highest BCUT2D eigenvalue weighted by Crippen LogP contribution is 2.39. The van der Waals surface area contributed by atoms with Gasteiger partial charge in [-0.2, -0.15) is 0 Å². The van der Waals surface area contributed by atoms with Gasteiger partial charge in [0.25, 0.3) is 5.91 Å². The van der Waals surface area contributed by atoms with E-state index in [0.29, 0.717) is 62.7 Å². The number of aliphatic imine (C=N–C) groups is 1. The van der Waals surface area contributed by atoms with Crippen LogP contribution in [0.4, 0.5) is 18.9 Å². The Morgan fingerprint density at radius 1 is 0.800 bits per heavy atom. The van der Waals surface area contributed by atoms with E-state index >= 15 is 0 Å². The number of unbranched alkanes of at least 4 members (excludes halogenated alkanes) is 2. The molecule has 0 saturated carbocycles. The van der Waals surface area contributed by atoms with Crippen molar-refractivity contribution in [3.63, 3.8) is 0 Å². The number of halogens is 3. The fourth-order valence-corrected chi connectivity index (χ4v) is 8.23. The van der Waals surface area contributed by atoms with Crippen LogP contribution in [0, 0.1) is 0 Å². The van der Waals surface area contributed by atoms with E-state index in [4.69, 9.17) is 18.9 Å². The van der Waals surface area contributed by atoms with Gasteiger partial charge >= 0.3 is 6.36 Å². The molecule has 2 saturated heterocycles. The van der Waals surface area contributed by atoms with Gasteiger partial charge in [-0.3, -0.25) is 9.79 Å². The van der Waals surface area contributed by atoms with E-state index in [2.05, 4.69) is 24.5 Å². The number of ether oxygens (including phenoxy) is 5. The van der Waals surface area contributed by atoms with Crippen molar-refractivity contribution < 1.29 is 41.7 Å². The first-order chi connectivity index (χ1) is 26.7. The standard InChI is InChI=1S/C40H46F3N5O6S/c1-50-34-22-27(38-45-31-11-10-29(23-37(31)55-38)54-40(41,42)43)9-12-33(34)52-20-5-3-13-46-16-18-47(19-17-46)14-4-6-21-53-36-25-32-30(24-35(36)51-2)39(49)48-15-7-8-28(48)26-44-32/h9-12,22-26,28H,3-8,13-21H2,1-2H3/t28-/m0/s1. The number of rotatable bonds is 16. The molecule has 55 heavy (non-hydrogen) atoms. The maximum Gasteiger partial charge on any atom is 0.573 e. The van der Waals surface area contributed by atoms with Gasteiger partial charge in [-0.15, -0.1) is 24.5 Å². The SMILES string of the molecule is COc1cc(-c2nc3ccc(OC(F)(F)F)cc3s2)ccc1OCCCCN1CCN(CCCCOc2cc3c(cc2OC)C(=O)N2CCC[C@H]2C=N3)CC1. The highest BCUT2D eigenvalue weighted by Gasteiger charge is 2.33. The molecule has 0 unspecified atom stereocenters. The predicted octanol–water partition coefficient (Wildman–Crippen LogP) is 7.84. The van der Waals surface area contributed by atoms with Gasteiger partial charge < -0.3 is 38.4 Å². The van der Waals surface area contributed by atoms with Crippen molar-refractivity contribution in [3.05, 3.63) is 54.1 Å². The molecule has 0 spiro atoms. The maximum atomic E-state index is 13.1. The molecule has 15 heteroatoms. The van der Waals surface area contributed by atoms with Crippen LogP contribution in [-0.2, 0) is 0 Å². The molecular formula is C40H46F3N5O6S. The smallest absolute Gasteiger partial charge is 0.493 e. The summed E-state index contributed by atoms with van der Waals surface area (Å²) in [5.41, 5.74) is 2.58.